The molecule has 0 bridgehead atoms. The Morgan fingerprint density at radius 3 is 2.61 bits per heavy atom. The van der Waals surface area contributed by atoms with Gasteiger partial charge < -0.3 is 4.74 Å². The molecule has 0 spiro atoms. The molecule has 4 nitrogen and oxygen atoms in total. The maximum atomic E-state index is 13.5. The zero-order valence-electron chi connectivity index (χ0n) is 10.4. The third kappa shape index (κ3) is 2.98. The largest absolute Gasteiger partial charge is 0.494 e. The van der Waals surface area contributed by atoms with Crippen LogP contribution in [0.15, 0.2) is 12.1 Å². The van der Waals surface area contributed by atoms with Gasteiger partial charge >= 0.3 is 0 Å². The topological polar surface area (TPSA) is 52.4 Å². The van der Waals surface area contributed by atoms with Crippen molar-refractivity contribution >= 4 is 21.6 Å². The quantitative estimate of drug-likeness (QED) is 0.468. The lowest BCUT2D eigenvalue weighted by molar-refractivity contribution is -0.385. The fraction of sp³-hybridized carbons (Fsp3) is 0.500. The van der Waals surface area contributed by atoms with Crippen LogP contribution in [0.2, 0.25) is 0 Å². The van der Waals surface area contributed by atoms with Gasteiger partial charge in [0.05, 0.1) is 18.1 Å². The fourth-order valence-corrected chi connectivity index (χ4v) is 2.07. The first kappa shape index (κ1) is 14.9. The van der Waals surface area contributed by atoms with E-state index in [9.17, 15) is 14.5 Å². The Balaban J connectivity index is 3.34. The lowest BCUT2D eigenvalue weighted by Gasteiger charge is -2.18. The van der Waals surface area contributed by atoms with Crippen molar-refractivity contribution in [1.29, 1.82) is 0 Å². The number of benzene rings is 1. The summed E-state index contributed by atoms with van der Waals surface area (Å²) in [4.78, 5) is 10.5. The van der Waals surface area contributed by atoms with Crippen molar-refractivity contribution in [1.82, 2.24) is 0 Å². The van der Waals surface area contributed by atoms with Gasteiger partial charge in [0.2, 0.25) is 0 Å². The third-order valence-corrected chi connectivity index (χ3v) is 4.36. The fourth-order valence-electron chi connectivity index (χ4n) is 1.79. The molecule has 0 fully saturated rings. The van der Waals surface area contributed by atoms with Gasteiger partial charge in [-0.15, -0.1) is 0 Å². The van der Waals surface area contributed by atoms with Gasteiger partial charge in [0.25, 0.3) is 5.69 Å². The summed E-state index contributed by atoms with van der Waals surface area (Å²) >= 11 is 3.47. The molecule has 0 N–H and O–H groups in total. The average molecular weight is 320 g/mol. The third-order valence-electron chi connectivity index (χ3n) is 2.92. The molecule has 0 aliphatic rings. The normalized spacial score (nSPS) is 14.1. The van der Waals surface area contributed by atoms with Crippen LogP contribution in [0, 0.1) is 15.9 Å². The van der Waals surface area contributed by atoms with E-state index < -0.39 is 10.7 Å². The number of nitro benzene ring substituents is 1. The number of ether oxygens (including phenoxy) is 1. The molecule has 0 radical (unpaired) electrons. The summed E-state index contributed by atoms with van der Waals surface area (Å²) in [7, 11) is 1.34. The van der Waals surface area contributed by atoms with Crippen LogP contribution in [0.3, 0.4) is 0 Å². The summed E-state index contributed by atoms with van der Waals surface area (Å²) in [5, 5.41) is 11.0. The molecule has 0 aliphatic carbocycles. The Kier molecular flexibility index (Phi) is 5.07. The molecule has 0 saturated heterocycles. The maximum Gasteiger partial charge on any atom is 0.276 e. The van der Waals surface area contributed by atoms with Crippen LogP contribution in [-0.4, -0.2) is 16.9 Å². The molecule has 6 heteroatoms. The standard InChI is InChI=1S/C12H15BrFNO3/c1-4-9(13)7(2)8-5-12(18-3)10(14)6-11(8)15(16)17/h5-7,9H,4H2,1-3H3. The van der Waals surface area contributed by atoms with E-state index >= 15 is 0 Å². The highest BCUT2D eigenvalue weighted by molar-refractivity contribution is 9.09. The van der Waals surface area contributed by atoms with Crippen molar-refractivity contribution in [2.45, 2.75) is 31.0 Å². The predicted octanol–water partition coefficient (Wildman–Crippen LogP) is 4.02. The maximum absolute atomic E-state index is 13.5. The van der Waals surface area contributed by atoms with Crippen molar-refractivity contribution in [2.75, 3.05) is 7.11 Å². The highest BCUT2D eigenvalue weighted by atomic mass is 79.9. The van der Waals surface area contributed by atoms with Crippen LogP contribution < -0.4 is 4.74 Å². The number of methoxy groups -OCH3 is 1. The zero-order valence-corrected chi connectivity index (χ0v) is 12.0. The molecule has 0 aromatic heterocycles. The molecule has 18 heavy (non-hydrogen) atoms. The molecule has 1 aromatic carbocycles. The van der Waals surface area contributed by atoms with Gasteiger partial charge in [-0.25, -0.2) is 4.39 Å². The number of nitrogens with zero attached hydrogens (tertiary/aromatic N) is 1. The highest BCUT2D eigenvalue weighted by Crippen LogP contribution is 2.36. The number of rotatable bonds is 5. The van der Waals surface area contributed by atoms with Gasteiger partial charge in [-0.2, -0.15) is 0 Å². The molecule has 1 aromatic rings. The SMILES string of the molecule is CCC(Br)C(C)c1cc(OC)c(F)cc1[N+](=O)[O-]. The molecular weight excluding hydrogens is 305 g/mol. The minimum atomic E-state index is -0.720. The Labute approximate surface area is 113 Å². The van der Waals surface area contributed by atoms with Crippen LogP contribution in [0.5, 0.6) is 5.75 Å². The van der Waals surface area contributed by atoms with Gasteiger partial charge in [-0.05, 0) is 12.5 Å². The van der Waals surface area contributed by atoms with E-state index in [1.54, 1.807) is 0 Å². The van der Waals surface area contributed by atoms with Gasteiger partial charge in [0.1, 0.15) is 0 Å². The molecule has 1 rings (SSSR count). The van der Waals surface area contributed by atoms with Crippen LogP contribution >= 0.6 is 15.9 Å². The van der Waals surface area contributed by atoms with E-state index in [2.05, 4.69) is 15.9 Å². The van der Waals surface area contributed by atoms with E-state index in [1.165, 1.54) is 13.2 Å². The molecule has 0 amide bonds. The second-order valence-electron chi connectivity index (χ2n) is 4.02. The zero-order chi connectivity index (χ0) is 13.9. The second kappa shape index (κ2) is 6.13. The van der Waals surface area contributed by atoms with Gasteiger partial charge in [-0.1, -0.05) is 29.8 Å². The van der Waals surface area contributed by atoms with Crippen LogP contribution in [0.4, 0.5) is 10.1 Å². The van der Waals surface area contributed by atoms with Crippen LogP contribution in [-0.2, 0) is 0 Å². The number of halogens is 2. The van der Waals surface area contributed by atoms with Gasteiger partial charge in [-0.3, -0.25) is 10.1 Å². The molecule has 0 aliphatic heterocycles. The van der Waals surface area contributed by atoms with E-state index in [-0.39, 0.29) is 22.2 Å². The average Bonchev–Trinajstić information content (AvgIpc) is 2.36. The van der Waals surface area contributed by atoms with Crippen LogP contribution in [0.25, 0.3) is 0 Å². The summed E-state index contributed by atoms with van der Waals surface area (Å²) in [5.74, 6) is -0.800. The van der Waals surface area contributed by atoms with Crippen molar-refractivity contribution in [2.24, 2.45) is 0 Å². The van der Waals surface area contributed by atoms with Crippen LogP contribution in [0.1, 0.15) is 31.7 Å². The van der Waals surface area contributed by atoms with Gasteiger partial charge in [0, 0.05) is 16.3 Å². The van der Waals surface area contributed by atoms with E-state index in [4.69, 9.17) is 4.74 Å². The number of hydrogen-bond acceptors (Lipinski definition) is 3. The number of alkyl halides is 1. The molecule has 2 atom stereocenters. The van der Waals surface area contributed by atoms with E-state index in [0.29, 0.717) is 5.56 Å². The summed E-state index contributed by atoms with van der Waals surface area (Å²) in [6.45, 7) is 3.84. The first-order valence-corrected chi connectivity index (χ1v) is 6.49. The van der Waals surface area contributed by atoms with Crippen molar-refractivity contribution in [3.05, 3.63) is 33.6 Å². The Morgan fingerprint density at radius 1 is 1.56 bits per heavy atom. The van der Waals surface area contributed by atoms with Crippen molar-refractivity contribution in [3.8, 4) is 5.75 Å². The molecule has 2 unspecified atom stereocenters. The highest BCUT2D eigenvalue weighted by Gasteiger charge is 2.26. The molecular formula is C12H15BrFNO3. The Bertz CT molecular complexity index is 453. The molecule has 0 saturated carbocycles. The van der Waals surface area contributed by atoms with E-state index in [0.717, 1.165) is 12.5 Å². The monoisotopic (exact) mass is 319 g/mol. The number of hydrogen-bond donors (Lipinski definition) is 0. The summed E-state index contributed by atoms with van der Waals surface area (Å²) in [6.07, 6.45) is 0.817. The lowest BCUT2D eigenvalue weighted by atomic mass is 9.94. The smallest absolute Gasteiger partial charge is 0.276 e. The lowest BCUT2D eigenvalue weighted by Crippen LogP contribution is -2.11. The minimum Gasteiger partial charge on any atom is -0.494 e. The van der Waals surface area contributed by atoms with E-state index in [1.807, 2.05) is 13.8 Å². The predicted molar refractivity (Wildman–Crippen MR) is 71.0 cm³/mol. The first-order valence-electron chi connectivity index (χ1n) is 5.58. The molecule has 100 valence electrons. The first-order chi connectivity index (χ1) is 8.42. The second-order valence-corrected chi connectivity index (χ2v) is 5.19. The van der Waals surface area contributed by atoms with Gasteiger partial charge in [0.15, 0.2) is 11.6 Å². The van der Waals surface area contributed by atoms with Crippen molar-refractivity contribution in [3.63, 3.8) is 0 Å². The minimum absolute atomic E-state index is 0.0262. The van der Waals surface area contributed by atoms with Crippen molar-refractivity contribution < 1.29 is 14.1 Å². The Hall–Kier alpha value is -1.17. The summed E-state index contributed by atoms with van der Waals surface area (Å²) < 4.78 is 18.4. The Morgan fingerprint density at radius 2 is 2.17 bits per heavy atom. The number of nitro groups is 1. The summed E-state index contributed by atoms with van der Waals surface area (Å²) in [5.41, 5.74) is 0.265. The summed E-state index contributed by atoms with van der Waals surface area (Å²) in [6, 6.07) is 2.32. The molecule has 0 heterocycles.